The summed E-state index contributed by atoms with van der Waals surface area (Å²) in [5, 5.41) is 3.96. The number of pyridine rings is 1. The summed E-state index contributed by atoms with van der Waals surface area (Å²) in [6.07, 6.45) is 1.76. The van der Waals surface area contributed by atoms with Crippen molar-refractivity contribution in [2.45, 2.75) is 12.1 Å². The van der Waals surface area contributed by atoms with Crippen LogP contribution < -0.4 is 5.32 Å². The molecule has 4 nitrogen and oxygen atoms in total. The van der Waals surface area contributed by atoms with Gasteiger partial charge in [0.25, 0.3) is 0 Å². The van der Waals surface area contributed by atoms with Crippen LogP contribution in [-0.2, 0) is 0 Å². The third-order valence-electron chi connectivity index (χ3n) is 4.45. The Morgan fingerprint density at radius 3 is 2.81 bits per heavy atom. The summed E-state index contributed by atoms with van der Waals surface area (Å²) < 4.78 is 20.1. The maximum absolute atomic E-state index is 13.4. The zero-order valence-electron chi connectivity index (χ0n) is 13.8. The summed E-state index contributed by atoms with van der Waals surface area (Å²) in [4.78, 5) is 6.42. The molecule has 1 N–H and O–H groups in total. The molecule has 1 aromatic carbocycles. The number of rotatable bonds is 3. The van der Waals surface area contributed by atoms with E-state index in [-0.39, 0.29) is 17.9 Å². The first kappa shape index (κ1) is 17.2. The number of nitrogens with zero attached hydrogens (tertiary/aromatic N) is 2. The monoisotopic (exact) mass is 431 g/mol. The molecule has 2 aromatic heterocycles. The second-order valence-corrected chi connectivity index (χ2v) is 7.30. The van der Waals surface area contributed by atoms with Gasteiger partial charge in [-0.15, -0.1) is 0 Å². The van der Waals surface area contributed by atoms with E-state index in [4.69, 9.17) is 16.6 Å². The standard InChI is InChI=1S/C19H15BrFN3OS/c1-24-18(17(23-19(24)26)14-4-2-3-9-22-14)16-8-7-15(25-16)12-6-5-11(21)10-13(12)20/h2-10,17-18H,1H3,(H,23,26)/t17-,18-/m1/s1. The van der Waals surface area contributed by atoms with Crippen LogP contribution in [0.3, 0.4) is 0 Å². The molecule has 132 valence electrons. The molecule has 0 amide bonds. The third-order valence-corrected chi connectivity index (χ3v) is 5.52. The van der Waals surface area contributed by atoms with E-state index in [1.807, 2.05) is 42.3 Å². The molecule has 0 bridgehead atoms. The van der Waals surface area contributed by atoms with Crippen molar-refractivity contribution in [3.8, 4) is 11.3 Å². The van der Waals surface area contributed by atoms with Crippen molar-refractivity contribution in [2.24, 2.45) is 0 Å². The first-order valence-corrected chi connectivity index (χ1v) is 9.24. The van der Waals surface area contributed by atoms with Crippen LogP contribution in [0.15, 0.2) is 63.6 Å². The predicted molar refractivity (Wildman–Crippen MR) is 105 cm³/mol. The Morgan fingerprint density at radius 1 is 1.23 bits per heavy atom. The van der Waals surface area contributed by atoms with E-state index < -0.39 is 0 Å². The number of likely N-dealkylation sites (N-methyl/N-ethyl adjacent to an activating group) is 1. The van der Waals surface area contributed by atoms with Crippen LogP contribution in [-0.4, -0.2) is 22.0 Å². The zero-order valence-corrected chi connectivity index (χ0v) is 16.2. The summed E-state index contributed by atoms with van der Waals surface area (Å²) >= 11 is 8.82. The molecular formula is C19H15BrFN3OS. The van der Waals surface area contributed by atoms with Gasteiger partial charge in [0.05, 0.1) is 11.7 Å². The molecule has 0 radical (unpaired) electrons. The second-order valence-electron chi connectivity index (χ2n) is 6.06. The highest BCUT2D eigenvalue weighted by atomic mass is 79.9. The Bertz CT molecular complexity index is 962. The van der Waals surface area contributed by atoms with Gasteiger partial charge in [0.1, 0.15) is 23.4 Å². The first-order valence-electron chi connectivity index (χ1n) is 8.04. The van der Waals surface area contributed by atoms with Crippen molar-refractivity contribution in [1.82, 2.24) is 15.2 Å². The van der Waals surface area contributed by atoms with Gasteiger partial charge in [-0.3, -0.25) is 4.98 Å². The Balaban J connectivity index is 1.72. The lowest BCUT2D eigenvalue weighted by Gasteiger charge is -2.21. The van der Waals surface area contributed by atoms with E-state index in [1.165, 1.54) is 12.1 Å². The molecule has 1 aliphatic rings. The van der Waals surface area contributed by atoms with Crippen LogP contribution in [0.5, 0.6) is 0 Å². The number of hydrogen-bond donors (Lipinski definition) is 1. The van der Waals surface area contributed by atoms with E-state index >= 15 is 0 Å². The number of thiocarbonyl (C=S) groups is 1. The second kappa shape index (κ2) is 6.81. The molecule has 0 aliphatic carbocycles. The summed E-state index contributed by atoms with van der Waals surface area (Å²) in [6, 6.07) is 13.9. The minimum Gasteiger partial charge on any atom is -0.459 e. The molecule has 1 aliphatic heterocycles. The number of nitrogens with one attached hydrogen (secondary N) is 1. The first-order chi connectivity index (χ1) is 12.5. The van der Waals surface area contributed by atoms with Crippen molar-refractivity contribution < 1.29 is 8.81 Å². The van der Waals surface area contributed by atoms with Crippen molar-refractivity contribution in [3.63, 3.8) is 0 Å². The van der Waals surface area contributed by atoms with Crippen molar-refractivity contribution >= 4 is 33.3 Å². The molecule has 3 aromatic rings. The summed E-state index contributed by atoms with van der Waals surface area (Å²) in [5.41, 5.74) is 1.69. The maximum Gasteiger partial charge on any atom is 0.170 e. The largest absolute Gasteiger partial charge is 0.459 e. The number of aromatic nitrogens is 1. The molecular weight excluding hydrogens is 417 g/mol. The van der Waals surface area contributed by atoms with Gasteiger partial charge in [0.15, 0.2) is 5.11 Å². The molecule has 26 heavy (non-hydrogen) atoms. The molecule has 0 saturated carbocycles. The third kappa shape index (κ3) is 3.01. The van der Waals surface area contributed by atoms with E-state index in [0.717, 1.165) is 17.0 Å². The Kier molecular flexibility index (Phi) is 4.50. The molecule has 1 saturated heterocycles. The van der Waals surface area contributed by atoms with Crippen molar-refractivity contribution in [2.75, 3.05) is 7.05 Å². The number of hydrogen-bond acceptors (Lipinski definition) is 3. The molecule has 2 atom stereocenters. The highest BCUT2D eigenvalue weighted by Crippen LogP contribution is 2.40. The van der Waals surface area contributed by atoms with E-state index in [9.17, 15) is 4.39 Å². The van der Waals surface area contributed by atoms with Crippen LogP contribution in [0.2, 0.25) is 0 Å². The summed E-state index contributed by atoms with van der Waals surface area (Å²) in [5.74, 6) is 1.13. The summed E-state index contributed by atoms with van der Waals surface area (Å²) in [6.45, 7) is 0. The SMILES string of the molecule is CN1C(=S)N[C@H](c2ccccn2)[C@H]1c1ccc(-c2ccc(F)cc2Br)o1. The summed E-state index contributed by atoms with van der Waals surface area (Å²) in [7, 11) is 1.93. The van der Waals surface area contributed by atoms with E-state index in [1.54, 1.807) is 12.3 Å². The van der Waals surface area contributed by atoms with Crippen molar-refractivity contribution in [1.29, 1.82) is 0 Å². The fourth-order valence-electron chi connectivity index (χ4n) is 3.16. The smallest absolute Gasteiger partial charge is 0.170 e. The predicted octanol–water partition coefficient (Wildman–Crippen LogP) is 4.85. The molecule has 4 rings (SSSR count). The lowest BCUT2D eigenvalue weighted by Crippen LogP contribution is -2.24. The van der Waals surface area contributed by atoms with Gasteiger partial charge in [-0.2, -0.15) is 0 Å². The average Bonchev–Trinajstić information content (AvgIpc) is 3.21. The number of halogens is 2. The minimum absolute atomic E-state index is 0.107. The van der Waals surface area contributed by atoms with Gasteiger partial charge < -0.3 is 14.6 Å². The molecule has 7 heteroatoms. The van der Waals surface area contributed by atoms with Gasteiger partial charge in [-0.1, -0.05) is 6.07 Å². The van der Waals surface area contributed by atoms with E-state index in [2.05, 4.69) is 26.2 Å². The molecule has 3 heterocycles. The fraction of sp³-hybridized carbons (Fsp3) is 0.158. The normalized spacial score (nSPS) is 19.7. The maximum atomic E-state index is 13.4. The Hall–Kier alpha value is -2.25. The quantitative estimate of drug-likeness (QED) is 0.600. The minimum atomic E-state index is -0.298. The van der Waals surface area contributed by atoms with Crippen LogP contribution in [0.4, 0.5) is 4.39 Å². The lowest BCUT2D eigenvalue weighted by molar-refractivity contribution is 0.310. The molecule has 0 unspecified atom stereocenters. The lowest BCUT2D eigenvalue weighted by atomic mass is 10.0. The Morgan fingerprint density at radius 2 is 2.08 bits per heavy atom. The topological polar surface area (TPSA) is 41.3 Å². The van der Waals surface area contributed by atoms with Crippen LogP contribution >= 0.6 is 28.1 Å². The molecule has 0 spiro atoms. The van der Waals surface area contributed by atoms with E-state index in [0.29, 0.717) is 15.3 Å². The van der Waals surface area contributed by atoms with Crippen molar-refractivity contribution in [3.05, 3.63) is 76.5 Å². The highest BCUT2D eigenvalue weighted by Gasteiger charge is 2.39. The fourth-order valence-corrected chi connectivity index (χ4v) is 3.95. The Labute approximate surface area is 164 Å². The van der Waals surface area contributed by atoms with Crippen LogP contribution in [0.1, 0.15) is 23.5 Å². The van der Waals surface area contributed by atoms with Gasteiger partial charge in [0.2, 0.25) is 0 Å². The van der Waals surface area contributed by atoms with Gasteiger partial charge in [0, 0.05) is 23.3 Å². The van der Waals surface area contributed by atoms with Gasteiger partial charge in [-0.25, -0.2) is 4.39 Å². The van der Waals surface area contributed by atoms with Gasteiger partial charge >= 0.3 is 0 Å². The average molecular weight is 432 g/mol. The van der Waals surface area contributed by atoms with Crippen LogP contribution in [0.25, 0.3) is 11.3 Å². The number of benzene rings is 1. The zero-order chi connectivity index (χ0) is 18.3. The van der Waals surface area contributed by atoms with Crippen LogP contribution in [0, 0.1) is 5.82 Å². The number of furan rings is 1. The molecule has 1 fully saturated rings. The highest BCUT2D eigenvalue weighted by molar-refractivity contribution is 9.10. The van der Waals surface area contributed by atoms with Gasteiger partial charge in [-0.05, 0) is 70.6 Å².